The van der Waals surface area contributed by atoms with Crippen molar-refractivity contribution in [3.05, 3.63) is 0 Å². The van der Waals surface area contributed by atoms with Crippen LogP contribution in [0.1, 0.15) is 38.5 Å². The molecule has 0 spiro atoms. The van der Waals surface area contributed by atoms with Crippen molar-refractivity contribution >= 4 is 49.5 Å². The van der Waals surface area contributed by atoms with Crippen LogP contribution < -0.4 is 0 Å². The second kappa shape index (κ2) is 14.6. The molecular weight excluding hydrogens is 349 g/mol. The zero-order chi connectivity index (χ0) is 10.5. The van der Waals surface area contributed by atoms with Crippen molar-refractivity contribution in [2.24, 2.45) is 0 Å². The van der Waals surface area contributed by atoms with E-state index in [0.717, 1.165) is 38.0 Å². The third kappa shape index (κ3) is 13.6. The van der Waals surface area contributed by atoms with Crippen LogP contribution in [0.4, 0.5) is 0 Å². The monoisotopic (exact) mass is 370 g/mol. The number of unbranched alkanes of at least 4 members (excludes halogenated alkanes) is 4. The van der Waals surface area contributed by atoms with Crippen LogP contribution in [-0.4, -0.2) is 38.0 Å². The summed E-state index contributed by atoms with van der Waals surface area (Å²) in [6.45, 7) is 0. The fraction of sp³-hybridized carbons (Fsp3) is 1.00. The first-order valence-electron chi connectivity index (χ1n) is 5.28. The first-order valence-corrected chi connectivity index (χ1v) is 13.1. The van der Waals surface area contributed by atoms with Gasteiger partial charge in [-0.15, -0.1) is 0 Å². The Labute approximate surface area is 110 Å². The standard InChI is InChI=1S/C10H20Cl2Se2/c11-7-3-1-5-9-13-14-10-6-2-4-8-12/h1-10H2. The quantitative estimate of drug-likeness (QED) is 0.294. The fourth-order valence-electron chi connectivity index (χ4n) is 0.982. The van der Waals surface area contributed by atoms with E-state index in [1.807, 2.05) is 0 Å². The summed E-state index contributed by atoms with van der Waals surface area (Å²) in [4.78, 5) is 0. The van der Waals surface area contributed by atoms with Gasteiger partial charge in [0, 0.05) is 0 Å². The molecule has 0 atom stereocenters. The summed E-state index contributed by atoms with van der Waals surface area (Å²) in [7, 11) is 0. The number of halogens is 2. The predicted octanol–water partition coefficient (Wildman–Crippen LogP) is 3.96. The Balaban J connectivity index is 2.78. The van der Waals surface area contributed by atoms with Crippen LogP contribution >= 0.6 is 23.2 Å². The van der Waals surface area contributed by atoms with Gasteiger partial charge in [0.1, 0.15) is 0 Å². The number of alkyl halides is 2. The number of hydrogen-bond acceptors (Lipinski definition) is 0. The molecule has 0 amide bonds. The van der Waals surface area contributed by atoms with Crippen LogP contribution in [-0.2, 0) is 0 Å². The molecular formula is C10H20Cl2Se2. The summed E-state index contributed by atoms with van der Waals surface area (Å²) >= 11 is 13.1. The van der Waals surface area contributed by atoms with E-state index in [1.165, 1.54) is 49.2 Å². The molecule has 0 nitrogen and oxygen atoms in total. The third-order valence-corrected chi connectivity index (χ3v) is 10.1. The second-order valence-electron chi connectivity index (χ2n) is 3.14. The van der Waals surface area contributed by atoms with E-state index in [9.17, 15) is 0 Å². The molecule has 0 aromatic rings. The predicted molar refractivity (Wildman–Crippen MR) is 70.3 cm³/mol. The molecule has 14 heavy (non-hydrogen) atoms. The Morgan fingerprint density at radius 2 is 1.00 bits per heavy atom. The zero-order valence-corrected chi connectivity index (χ0v) is 13.6. The molecule has 0 fully saturated rings. The van der Waals surface area contributed by atoms with Crippen LogP contribution in [0.25, 0.3) is 0 Å². The van der Waals surface area contributed by atoms with Crippen LogP contribution in [0.15, 0.2) is 0 Å². The van der Waals surface area contributed by atoms with Gasteiger partial charge in [-0.1, -0.05) is 0 Å². The summed E-state index contributed by atoms with van der Waals surface area (Å²) in [5.41, 5.74) is 0. The van der Waals surface area contributed by atoms with Crippen molar-refractivity contribution in [1.29, 1.82) is 0 Å². The first-order chi connectivity index (χ1) is 6.91. The van der Waals surface area contributed by atoms with E-state index >= 15 is 0 Å². The van der Waals surface area contributed by atoms with Gasteiger partial charge in [0.15, 0.2) is 0 Å². The van der Waals surface area contributed by atoms with Gasteiger partial charge in [0.25, 0.3) is 0 Å². The van der Waals surface area contributed by atoms with Crippen LogP contribution in [0, 0.1) is 0 Å². The molecule has 4 heteroatoms. The number of rotatable bonds is 11. The molecule has 0 aliphatic heterocycles. The Kier molecular flexibility index (Phi) is 16.3. The Bertz CT molecular complexity index is 90.1. The SMILES string of the molecule is ClCCCCC[Se][Se]CCCCCCl. The van der Waals surface area contributed by atoms with Crippen molar-refractivity contribution in [3.63, 3.8) is 0 Å². The van der Waals surface area contributed by atoms with Crippen LogP contribution in [0.5, 0.6) is 0 Å². The summed E-state index contributed by atoms with van der Waals surface area (Å²) in [6, 6.07) is 0. The first kappa shape index (κ1) is 15.6. The summed E-state index contributed by atoms with van der Waals surface area (Å²) in [5.74, 6) is 1.69. The van der Waals surface area contributed by atoms with Gasteiger partial charge in [0.2, 0.25) is 0 Å². The Morgan fingerprint density at radius 1 is 0.571 bits per heavy atom. The Hall–Kier alpha value is 1.62. The third-order valence-electron chi connectivity index (χ3n) is 1.81. The molecule has 86 valence electrons. The minimum absolute atomic E-state index is 0.844. The number of hydrogen-bond donors (Lipinski definition) is 0. The van der Waals surface area contributed by atoms with Gasteiger partial charge in [-0.05, 0) is 0 Å². The molecule has 0 heterocycles. The van der Waals surface area contributed by atoms with Gasteiger partial charge in [-0.25, -0.2) is 0 Å². The normalized spacial score (nSPS) is 10.7. The second-order valence-corrected chi connectivity index (χ2v) is 11.7. The summed E-state index contributed by atoms with van der Waals surface area (Å²) in [6.07, 6.45) is 7.92. The van der Waals surface area contributed by atoms with E-state index < -0.39 is 0 Å². The molecule has 0 aliphatic carbocycles. The summed E-state index contributed by atoms with van der Waals surface area (Å²) in [5, 5.41) is 2.97. The molecule has 0 bridgehead atoms. The topological polar surface area (TPSA) is 0 Å². The van der Waals surface area contributed by atoms with Crippen molar-refractivity contribution in [2.45, 2.75) is 49.2 Å². The molecule has 0 aromatic heterocycles. The van der Waals surface area contributed by atoms with E-state index in [4.69, 9.17) is 23.2 Å². The maximum atomic E-state index is 5.61. The Morgan fingerprint density at radius 3 is 1.36 bits per heavy atom. The van der Waals surface area contributed by atoms with Gasteiger partial charge in [0.05, 0.1) is 0 Å². The molecule has 0 radical (unpaired) electrons. The van der Waals surface area contributed by atoms with E-state index in [0.29, 0.717) is 0 Å². The molecule has 0 rings (SSSR count). The van der Waals surface area contributed by atoms with E-state index in [-0.39, 0.29) is 0 Å². The van der Waals surface area contributed by atoms with Crippen LogP contribution in [0.3, 0.4) is 0 Å². The molecule has 0 N–H and O–H groups in total. The van der Waals surface area contributed by atoms with Crippen LogP contribution in [0.2, 0.25) is 10.6 Å². The van der Waals surface area contributed by atoms with E-state index in [2.05, 4.69) is 0 Å². The molecule has 0 aliphatic rings. The van der Waals surface area contributed by atoms with Gasteiger partial charge < -0.3 is 0 Å². The van der Waals surface area contributed by atoms with Gasteiger partial charge in [-0.2, -0.15) is 0 Å². The van der Waals surface area contributed by atoms with Crippen molar-refractivity contribution in [1.82, 2.24) is 0 Å². The van der Waals surface area contributed by atoms with E-state index in [1.54, 1.807) is 0 Å². The average molecular weight is 369 g/mol. The van der Waals surface area contributed by atoms with Crippen molar-refractivity contribution in [2.75, 3.05) is 11.8 Å². The minimum atomic E-state index is 0.844. The zero-order valence-electron chi connectivity index (χ0n) is 8.64. The maximum absolute atomic E-state index is 5.61. The van der Waals surface area contributed by atoms with Gasteiger partial charge >= 0.3 is 110 Å². The summed E-state index contributed by atoms with van der Waals surface area (Å²) < 4.78 is 0. The van der Waals surface area contributed by atoms with Crippen molar-refractivity contribution in [3.8, 4) is 0 Å². The van der Waals surface area contributed by atoms with Crippen molar-refractivity contribution < 1.29 is 0 Å². The molecule has 0 saturated heterocycles. The molecule has 0 aromatic carbocycles. The average Bonchev–Trinajstić information content (AvgIpc) is 2.21. The molecule has 0 saturated carbocycles. The fourth-order valence-corrected chi connectivity index (χ4v) is 8.35. The molecule has 0 unspecified atom stereocenters. The van der Waals surface area contributed by atoms with Gasteiger partial charge in [-0.3, -0.25) is 0 Å².